The van der Waals surface area contributed by atoms with Crippen LogP contribution in [0.1, 0.15) is 78.2 Å². The fourth-order valence-electron chi connectivity index (χ4n) is 3.66. The van der Waals surface area contributed by atoms with Crippen molar-refractivity contribution in [3.05, 3.63) is 29.3 Å². The number of carbonyl (C=O) groups excluding carboxylic acids is 2. The van der Waals surface area contributed by atoms with Gasteiger partial charge in [0.1, 0.15) is 5.57 Å². The highest BCUT2D eigenvalue weighted by molar-refractivity contribution is 6.76. The summed E-state index contributed by atoms with van der Waals surface area (Å²) < 4.78 is 22.7. The summed E-state index contributed by atoms with van der Waals surface area (Å²) in [6.07, 6.45) is 9.42. The zero-order valence-corrected chi connectivity index (χ0v) is 25.5. The Morgan fingerprint density at radius 1 is 0.919 bits per heavy atom. The highest BCUT2D eigenvalue weighted by Crippen LogP contribution is 2.30. The second kappa shape index (κ2) is 17.3. The summed E-state index contributed by atoms with van der Waals surface area (Å²) in [5.41, 5.74) is 0.531. The molecule has 0 saturated heterocycles. The highest BCUT2D eigenvalue weighted by Gasteiger charge is 2.24. The average molecular weight is 535 g/mol. The second-order valence-corrected chi connectivity index (χ2v) is 16.6. The molecule has 0 heterocycles. The minimum absolute atomic E-state index is 0.106. The molecule has 6 nitrogen and oxygen atoms in total. The Kier molecular flexibility index (Phi) is 15.3. The molecule has 0 bridgehead atoms. The standard InChI is InChI=1S/C30H50O6Si/c1-9-12-14-23(4)20-34-29(31)26(30(32)35-21-24(11-3)15-13-10-2)18-25-16-17-27(28(19-25)33-5)36-22-37(6,7)8/h16-19,23-24H,9-15,20-22H2,1-8H3/b26-18+. The minimum Gasteiger partial charge on any atom is -0.493 e. The van der Waals surface area contributed by atoms with Gasteiger partial charge in [0.05, 0.1) is 34.6 Å². The van der Waals surface area contributed by atoms with Crippen molar-refractivity contribution in [2.75, 3.05) is 26.6 Å². The van der Waals surface area contributed by atoms with E-state index < -0.39 is 20.0 Å². The molecule has 0 aromatic heterocycles. The summed E-state index contributed by atoms with van der Waals surface area (Å²) in [7, 11) is 0.161. The van der Waals surface area contributed by atoms with Crippen molar-refractivity contribution in [1.82, 2.24) is 0 Å². The van der Waals surface area contributed by atoms with Crippen molar-refractivity contribution in [1.29, 1.82) is 0 Å². The van der Waals surface area contributed by atoms with E-state index in [1.165, 1.54) is 6.08 Å². The maximum Gasteiger partial charge on any atom is 0.345 e. The van der Waals surface area contributed by atoms with Crippen molar-refractivity contribution < 1.29 is 28.5 Å². The zero-order chi connectivity index (χ0) is 27.8. The molecule has 0 amide bonds. The van der Waals surface area contributed by atoms with E-state index in [4.69, 9.17) is 18.9 Å². The Hall–Kier alpha value is -2.28. The van der Waals surface area contributed by atoms with E-state index in [0.29, 0.717) is 29.9 Å². The summed E-state index contributed by atoms with van der Waals surface area (Å²) in [6, 6.07) is 5.38. The predicted octanol–water partition coefficient (Wildman–Crippen LogP) is 7.46. The lowest BCUT2D eigenvalue weighted by molar-refractivity contribution is -0.148. The van der Waals surface area contributed by atoms with Crippen LogP contribution in [0.25, 0.3) is 6.08 Å². The van der Waals surface area contributed by atoms with E-state index in [1.54, 1.807) is 13.2 Å². The first kappa shape index (κ1) is 32.7. The smallest absolute Gasteiger partial charge is 0.345 e. The summed E-state index contributed by atoms with van der Waals surface area (Å²) in [5, 5.41) is 0. The SMILES string of the molecule is CCCCC(C)COC(=O)/C(=C\c1ccc(OC[Si](C)(C)C)c(OC)c1)C(=O)OCC(CC)CCCC. The van der Waals surface area contributed by atoms with Crippen molar-refractivity contribution in [3.8, 4) is 11.5 Å². The number of rotatable bonds is 18. The third-order valence-corrected chi connectivity index (χ3v) is 7.15. The van der Waals surface area contributed by atoms with Crippen LogP contribution in [0.2, 0.25) is 19.6 Å². The lowest BCUT2D eigenvalue weighted by Crippen LogP contribution is -2.30. The van der Waals surface area contributed by atoms with Crippen molar-refractivity contribution in [2.24, 2.45) is 11.8 Å². The van der Waals surface area contributed by atoms with Gasteiger partial charge in [0.25, 0.3) is 0 Å². The van der Waals surface area contributed by atoms with Gasteiger partial charge < -0.3 is 18.9 Å². The highest BCUT2D eigenvalue weighted by atomic mass is 28.3. The van der Waals surface area contributed by atoms with Crippen LogP contribution in [0.5, 0.6) is 11.5 Å². The predicted molar refractivity (Wildman–Crippen MR) is 154 cm³/mol. The van der Waals surface area contributed by atoms with Gasteiger partial charge in [0.2, 0.25) is 0 Å². The second-order valence-electron chi connectivity index (χ2n) is 11.2. The fraction of sp³-hybridized carbons (Fsp3) is 0.667. The molecule has 0 radical (unpaired) electrons. The molecule has 1 aromatic carbocycles. The topological polar surface area (TPSA) is 71.1 Å². The minimum atomic E-state index is -1.42. The summed E-state index contributed by atoms with van der Waals surface area (Å²) in [6.45, 7) is 15.7. The summed E-state index contributed by atoms with van der Waals surface area (Å²) in [5.74, 6) is 0.375. The summed E-state index contributed by atoms with van der Waals surface area (Å²) >= 11 is 0. The molecule has 2 atom stereocenters. The van der Waals surface area contributed by atoms with Gasteiger partial charge in [-0.25, -0.2) is 9.59 Å². The molecule has 0 spiro atoms. The molecule has 0 aliphatic rings. The van der Waals surface area contributed by atoms with Crippen molar-refractivity contribution >= 4 is 26.1 Å². The van der Waals surface area contributed by atoms with Crippen LogP contribution in [0, 0.1) is 11.8 Å². The number of ether oxygens (including phenoxy) is 4. The van der Waals surface area contributed by atoms with Gasteiger partial charge in [0, 0.05) is 0 Å². The zero-order valence-electron chi connectivity index (χ0n) is 24.5. The molecular weight excluding hydrogens is 484 g/mol. The van der Waals surface area contributed by atoms with E-state index in [0.717, 1.165) is 44.9 Å². The normalized spacial score (nSPS) is 13.6. The van der Waals surface area contributed by atoms with Crippen molar-refractivity contribution in [2.45, 2.75) is 92.3 Å². The quantitative estimate of drug-likeness (QED) is 0.0640. The molecule has 0 fully saturated rings. The first-order chi connectivity index (χ1) is 17.5. The number of benzene rings is 1. The molecule has 0 saturated carbocycles. The van der Waals surface area contributed by atoms with Gasteiger partial charge in [-0.15, -0.1) is 0 Å². The Bertz CT molecular complexity index is 858. The molecule has 0 N–H and O–H groups in total. The van der Waals surface area contributed by atoms with Crippen LogP contribution < -0.4 is 9.47 Å². The van der Waals surface area contributed by atoms with E-state index >= 15 is 0 Å². The van der Waals surface area contributed by atoms with Gasteiger partial charge in [0.15, 0.2) is 11.5 Å². The van der Waals surface area contributed by atoms with Crippen LogP contribution in [-0.4, -0.2) is 46.6 Å². The number of unbranched alkanes of at least 4 members (excludes halogenated alkanes) is 2. The lowest BCUT2D eigenvalue weighted by atomic mass is 10.0. The first-order valence-electron chi connectivity index (χ1n) is 13.9. The number of esters is 2. The maximum absolute atomic E-state index is 13.1. The molecular formula is C30H50O6Si. The number of hydrogen-bond donors (Lipinski definition) is 0. The molecule has 7 heteroatoms. The van der Waals surface area contributed by atoms with Crippen LogP contribution >= 0.6 is 0 Å². The first-order valence-corrected chi connectivity index (χ1v) is 17.6. The third-order valence-electron chi connectivity index (χ3n) is 6.14. The molecule has 37 heavy (non-hydrogen) atoms. The van der Waals surface area contributed by atoms with Crippen LogP contribution in [0.15, 0.2) is 23.8 Å². The Balaban J connectivity index is 3.14. The summed E-state index contributed by atoms with van der Waals surface area (Å²) in [4.78, 5) is 26.1. The van der Waals surface area contributed by atoms with Crippen molar-refractivity contribution in [3.63, 3.8) is 0 Å². The van der Waals surface area contributed by atoms with E-state index in [-0.39, 0.29) is 24.0 Å². The number of hydrogen-bond acceptors (Lipinski definition) is 6. The molecule has 0 aliphatic heterocycles. The molecule has 2 unspecified atom stereocenters. The Labute approximate surface area is 226 Å². The fourth-order valence-corrected chi connectivity index (χ4v) is 4.24. The van der Waals surface area contributed by atoms with Gasteiger partial charge in [-0.2, -0.15) is 0 Å². The number of carbonyl (C=O) groups is 2. The molecule has 0 aliphatic carbocycles. The van der Waals surface area contributed by atoms with E-state index in [2.05, 4.69) is 40.4 Å². The van der Waals surface area contributed by atoms with Gasteiger partial charge in [-0.05, 0) is 48.4 Å². The van der Waals surface area contributed by atoms with Gasteiger partial charge in [-0.3, -0.25) is 0 Å². The third kappa shape index (κ3) is 13.2. The average Bonchev–Trinajstić information content (AvgIpc) is 2.87. The monoisotopic (exact) mass is 534 g/mol. The number of methoxy groups -OCH3 is 1. The largest absolute Gasteiger partial charge is 0.493 e. The molecule has 210 valence electrons. The lowest BCUT2D eigenvalue weighted by Gasteiger charge is -2.18. The van der Waals surface area contributed by atoms with Gasteiger partial charge in [-0.1, -0.05) is 85.5 Å². The van der Waals surface area contributed by atoms with E-state index in [1.807, 2.05) is 19.1 Å². The van der Waals surface area contributed by atoms with Crippen LogP contribution in [0.4, 0.5) is 0 Å². The molecule has 1 aromatic rings. The van der Waals surface area contributed by atoms with E-state index in [9.17, 15) is 9.59 Å². The Morgan fingerprint density at radius 2 is 1.54 bits per heavy atom. The van der Waals surface area contributed by atoms with Gasteiger partial charge >= 0.3 is 11.9 Å². The Morgan fingerprint density at radius 3 is 2.11 bits per heavy atom. The maximum atomic E-state index is 13.1. The van der Waals surface area contributed by atoms with Crippen LogP contribution in [-0.2, 0) is 19.1 Å². The molecule has 1 rings (SSSR count). The van der Waals surface area contributed by atoms with Crippen LogP contribution in [0.3, 0.4) is 0 Å².